The van der Waals surface area contributed by atoms with Crippen LogP contribution in [0.1, 0.15) is 17.5 Å². The van der Waals surface area contributed by atoms with Gasteiger partial charge in [0.2, 0.25) is 0 Å². The fourth-order valence-corrected chi connectivity index (χ4v) is 7.55. The molecule has 0 radical (unpaired) electrons. The van der Waals surface area contributed by atoms with Crippen LogP contribution in [-0.2, 0) is 16.0 Å². The van der Waals surface area contributed by atoms with Crippen molar-refractivity contribution in [1.82, 2.24) is 0 Å². The van der Waals surface area contributed by atoms with E-state index in [1.807, 2.05) is 12.1 Å². The first-order valence-electron chi connectivity index (χ1n) is 9.38. The number of rotatable bonds is 3. The Bertz CT molecular complexity index is 951. The van der Waals surface area contributed by atoms with Crippen LogP contribution in [0.3, 0.4) is 0 Å². The van der Waals surface area contributed by atoms with E-state index in [0.717, 1.165) is 12.2 Å². The molecule has 1 fully saturated rings. The van der Waals surface area contributed by atoms with Gasteiger partial charge in [0.1, 0.15) is 14.5 Å². The van der Waals surface area contributed by atoms with Crippen LogP contribution in [0, 0.1) is 0 Å². The molecule has 0 aliphatic carbocycles. The number of ether oxygens (including phenoxy) is 2. The van der Waals surface area contributed by atoms with Crippen molar-refractivity contribution >= 4 is 30.3 Å². The summed E-state index contributed by atoms with van der Waals surface area (Å²) >= 11 is 0. The number of fused-ring (bicyclic) bond motifs is 2. The Morgan fingerprint density at radius 2 is 1.48 bits per heavy atom. The van der Waals surface area contributed by atoms with Crippen molar-refractivity contribution in [2.75, 3.05) is 6.61 Å². The quantitative estimate of drug-likeness (QED) is 0.404. The fraction of sp³-hybridized carbons (Fsp3) is 0.174. The van der Waals surface area contributed by atoms with Gasteiger partial charge in [-0.2, -0.15) is 0 Å². The lowest BCUT2D eigenvalue weighted by Gasteiger charge is -2.28. The first kappa shape index (κ1) is 16.3. The van der Waals surface area contributed by atoms with E-state index in [1.54, 1.807) is 0 Å². The van der Waals surface area contributed by atoms with E-state index < -0.39 is 14.9 Å². The number of esters is 1. The van der Waals surface area contributed by atoms with Crippen molar-refractivity contribution in [3.63, 3.8) is 0 Å². The third kappa shape index (κ3) is 2.96. The summed E-state index contributed by atoms with van der Waals surface area (Å²) in [5.74, 6) is 0.470. The molecule has 5 rings (SSSR count). The molecular weight excluding hydrogens is 352 g/mol. The second kappa shape index (κ2) is 6.71. The SMILES string of the molecule is O=C1OCCC1Oc1ccc([SiH]2c3ccccc3Cc3ccccc32)cc1. The lowest BCUT2D eigenvalue weighted by molar-refractivity contribution is -0.143. The van der Waals surface area contributed by atoms with Crippen LogP contribution >= 0.6 is 0 Å². The number of hydrogen-bond acceptors (Lipinski definition) is 3. The highest BCUT2D eigenvalue weighted by atomic mass is 28.3. The summed E-state index contributed by atoms with van der Waals surface area (Å²) in [5.41, 5.74) is 2.89. The van der Waals surface area contributed by atoms with E-state index in [-0.39, 0.29) is 5.97 Å². The maximum absolute atomic E-state index is 11.6. The van der Waals surface area contributed by atoms with Crippen molar-refractivity contribution in [2.45, 2.75) is 18.9 Å². The zero-order chi connectivity index (χ0) is 18.2. The van der Waals surface area contributed by atoms with Crippen LogP contribution in [0.15, 0.2) is 72.8 Å². The molecule has 0 aromatic heterocycles. The largest absolute Gasteiger partial charge is 0.479 e. The zero-order valence-corrected chi connectivity index (χ0v) is 16.1. The maximum Gasteiger partial charge on any atom is 0.347 e. The van der Waals surface area contributed by atoms with E-state index in [4.69, 9.17) is 9.47 Å². The van der Waals surface area contributed by atoms with Gasteiger partial charge in [-0.05, 0) is 40.1 Å². The molecule has 3 nitrogen and oxygen atoms in total. The summed E-state index contributed by atoms with van der Waals surface area (Å²) in [5, 5.41) is 4.38. The molecule has 1 saturated heterocycles. The average molecular weight is 372 g/mol. The average Bonchev–Trinajstić information content (AvgIpc) is 3.11. The van der Waals surface area contributed by atoms with Crippen LogP contribution in [0.25, 0.3) is 0 Å². The van der Waals surface area contributed by atoms with Crippen LogP contribution in [0.5, 0.6) is 5.75 Å². The zero-order valence-electron chi connectivity index (χ0n) is 14.9. The first-order chi connectivity index (χ1) is 13.3. The van der Waals surface area contributed by atoms with Gasteiger partial charge in [0.25, 0.3) is 0 Å². The van der Waals surface area contributed by atoms with Gasteiger partial charge in [-0.1, -0.05) is 65.9 Å². The van der Waals surface area contributed by atoms with Gasteiger partial charge in [-0.3, -0.25) is 0 Å². The maximum atomic E-state index is 11.6. The minimum atomic E-state index is -1.50. The highest BCUT2D eigenvalue weighted by molar-refractivity contribution is 6.96. The minimum absolute atomic E-state index is 0.261. The van der Waals surface area contributed by atoms with E-state index in [9.17, 15) is 4.79 Å². The number of cyclic esters (lactones) is 1. The summed E-state index contributed by atoms with van der Waals surface area (Å²) < 4.78 is 10.8. The van der Waals surface area contributed by atoms with Crippen molar-refractivity contribution in [1.29, 1.82) is 0 Å². The molecule has 2 aliphatic heterocycles. The summed E-state index contributed by atoms with van der Waals surface area (Å²) in [6.07, 6.45) is 1.17. The molecule has 134 valence electrons. The molecule has 27 heavy (non-hydrogen) atoms. The molecule has 1 unspecified atom stereocenters. The summed E-state index contributed by atoms with van der Waals surface area (Å²) in [7, 11) is -1.50. The molecular formula is C23H20O3Si. The third-order valence-electron chi connectivity index (χ3n) is 5.49. The second-order valence-corrected chi connectivity index (χ2v) is 9.92. The minimum Gasteiger partial charge on any atom is -0.479 e. The number of hydrogen-bond donors (Lipinski definition) is 0. The molecule has 2 heterocycles. The van der Waals surface area contributed by atoms with Crippen molar-refractivity contribution in [3.8, 4) is 5.75 Å². The molecule has 0 N–H and O–H groups in total. The van der Waals surface area contributed by atoms with E-state index in [1.165, 1.54) is 26.7 Å². The molecule has 3 aromatic rings. The van der Waals surface area contributed by atoms with Gasteiger partial charge in [-0.25, -0.2) is 4.79 Å². The first-order valence-corrected chi connectivity index (χ1v) is 11.1. The van der Waals surface area contributed by atoms with Gasteiger partial charge in [-0.15, -0.1) is 0 Å². The molecule has 3 aromatic carbocycles. The van der Waals surface area contributed by atoms with Gasteiger partial charge >= 0.3 is 5.97 Å². The smallest absolute Gasteiger partial charge is 0.347 e. The Morgan fingerprint density at radius 1 is 0.852 bits per heavy atom. The van der Waals surface area contributed by atoms with Crippen LogP contribution in [0.2, 0.25) is 0 Å². The van der Waals surface area contributed by atoms with Crippen molar-refractivity contribution in [2.24, 2.45) is 0 Å². The predicted molar refractivity (Wildman–Crippen MR) is 108 cm³/mol. The normalized spacial score (nSPS) is 18.5. The Kier molecular flexibility index (Phi) is 4.06. The summed E-state index contributed by atoms with van der Waals surface area (Å²) in [4.78, 5) is 11.6. The summed E-state index contributed by atoms with van der Waals surface area (Å²) in [6.45, 7) is 0.449. The van der Waals surface area contributed by atoms with Gasteiger partial charge in [0.15, 0.2) is 6.10 Å². The van der Waals surface area contributed by atoms with Gasteiger partial charge in [0.05, 0.1) is 6.61 Å². The number of benzene rings is 3. The second-order valence-electron chi connectivity index (χ2n) is 7.14. The molecule has 0 amide bonds. The Labute approximate surface area is 160 Å². The number of carbonyl (C=O) groups is 1. The Morgan fingerprint density at radius 3 is 2.07 bits per heavy atom. The Hall–Kier alpha value is -2.85. The summed E-state index contributed by atoms with van der Waals surface area (Å²) in [6, 6.07) is 26.0. The van der Waals surface area contributed by atoms with E-state index in [0.29, 0.717) is 13.0 Å². The molecule has 0 saturated carbocycles. The van der Waals surface area contributed by atoms with Gasteiger partial charge in [0, 0.05) is 6.42 Å². The molecule has 0 spiro atoms. The highest BCUT2D eigenvalue weighted by Crippen LogP contribution is 2.18. The van der Waals surface area contributed by atoms with Crippen LogP contribution in [-0.4, -0.2) is 27.5 Å². The molecule has 1 atom stereocenters. The third-order valence-corrected chi connectivity index (χ3v) is 8.91. The number of carbonyl (C=O) groups excluding carboxylic acids is 1. The van der Waals surface area contributed by atoms with E-state index >= 15 is 0 Å². The van der Waals surface area contributed by atoms with Crippen molar-refractivity contribution in [3.05, 3.63) is 83.9 Å². The predicted octanol–water partition coefficient (Wildman–Crippen LogP) is 1.53. The van der Waals surface area contributed by atoms with Crippen molar-refractivity contribution < 1.29 is 14.3 Å². The monoisotopic (exact) mass is 372 g/mol. The lowest BCUT2D eigenvalue weighted by Crippen LogP contribution is -2.56. The standard InChI is InChI=1S/C23H20O3Si/c24-23-20(13-14-25-23)26-18-9-11-19(12-10-18)27-21-7-3-1-5-16(21)15-17-6-2-4-8-22(17)27/h1-12,20,27H,13-15H2. The fourth-order valence-electron chi connectivity index (χ4n) is 4.17. The van der Waals surface area contributed by atoms with Crippen LogP contribution in [0.4, 0.5) is 0 Å². The molecule has 0 bridgehead atoms. The lowest BCUT2D eigenvalue weighted by atomic mass is 10.0. The Balaban J connectivity index is 1.50. The molecule has 4 heteroatoms. The topological polar surface area (TPSA) is 35.5 Å². The molecule has 2 aliphatic rings. The van der Waals surface area contributed by atoms with Crippen LogP contribution < -0.4 is 20.3 Å². The van der Waals surface area contributed by atoms with E-state index in [2.05, 4.69) is 60.7 Å². The highest BCUT2D eigenvalue weighted by Gasteiger charge is 2.30. The van der Waals surface area contributed by atoms with Gasteiger partial charge < -0.3 is 9.47 Å².